The van der Waals surface area contributed by atoms with Gasteiger partial charge in [0.15, 0.2) is 5.82 Å². The van der Waals surface area contributed by atoms with Crippen LogP contribution in [0.5, 0.6) is 0 Å². The number of aliphatic hydroxyl groups excluding tert-OH is 1. The Morgan fingerprint density at radius 1 is 0.889 bits per heavy atom. The Kier molecular flexibility index (Phi) is 9.16. The predicted octanol–water partition coefficient (Wildman–Crippen LogP) is 5.15. The molecule has 5 rings (SSSR count). The highest BCUT2D eigenvalue weighted by molar-refractivity contribution is 7.85. The molecule has 45 heavy (non-hydrogen) atoms. The lowest BCUT2D eigenvalue weighted by Crippen LogP contribution is -2.49. The molecule has 1 N–H and O–H groups in total. The fourth-order valence-corrected chi connectivity index (χ4v) is 6.40. The van der Waals surface area contributed by atoms with Crippen molar-refractivity contribution in [2.75, 3.05) is 26.0 Å². The largest absolute Gasteiger partial charge is 0.444 e. The van der Waals surface area contributed by atoms with E-state index in [0.29, 0.717) is 0 Å². The van der Waals surface area contributed by atoms with E-state index in [9.17, 15) is 18.3 Å². The van der Waals surface area contributed by atoms with E-state index >= 15 is 0 Å². The molecule has 3 aromatic carbocycles. The number of aliphatic hydroxyl groups is 1. The first-order valence-electron chi connectivity index (χ1n) is 14.9. The average molecular weight is 633 g/mol. The number of carbonyl (C=O) groups is 1. The summed E-state index contributed by atoms with van der Waals surface area (Å²) in [7, 11) is -3.82. The topological polar surface area (TPSA) is 124 Å². The summed E-state index contributed by atoms with van der Waals surface area (Å²) in [4.78, 5) is 19.0. The number of rotatable bonds is 9. The van der Waals surface area contributed by atoms with E-state index in [2.05, 4.69) is 4.98 Å². The van der Waals surface area contributed by atoms with Crippen molar-refractivity contribution in [3.05, 3.63) is 120 Å². The number of ether oxygens (including phenoxy) is 1. The van der Waals surface area contributed by atoms with E-state index in [0.717, 1.165) is 22.9 Å². The molecule has 0 radical (unpaired) electrons. The summed E-state index contributed by atoms with van der Waals surface area (Å²) in [5.41, 5.74) is 0.134. The Morgan fingerprint density at radius 3 is 1.78 bits per heavy atom. The zero-order chi connectivity index (χ0) is 32.3. The van der Waals surface area contributed by atoms with Gasteiger partial charge in [-0.05, 0) is 50.3 Å². The molecule has 1 amide bonds. The summed E-state index contributed by atoms with van der Waals surface area (Å²) in [5.74, 6) is 0.130. The number of amides is 1. The van der Waals surface area contributed by atoms with Crippen molar-refractivity contribution in [1.82, 2.24) is 19.7 Å². The Bertz CT molecular complexity index is 1580. The summed E-state index contributed by atoms with van der Waals surface area (Å²) < 4.78 is 36.8. The van der Waals surface area contributed by atoms with Gasteiger partial charge in [-0.25, -0.2) is 14.5 Å². The highest BCUT2D eigenvalue weighted by atomic mass is 32.2. The van der Waals surface area contributed by atoms with Gasteiger partial charge in [0.2, 0.25) is 0 Å². The van der Waals surface area contributed by atoms with Gasteiger partial charge in [0.1, 0.15) is 23.6 Å². The maximum absolute atomic E-state index is 12.8. The van der Waals surface area contributed by atoms with Gasteiger partial charge in [0.05, 0.1) is 12.9 Å². The van der Waals surface area contributed by atoms with Crippen LogP contribution in [0.3, 0.4) is 0 Å². The van der Waals surface area contributed by atoms with E-state index in [1.54, 1.807) is 36.7 Å². The highest BCUT2D eigenvalue weighted by Crippen LogP contribution is 2.45. The first-order chi connectivity index (χ1) is 21.3. The Morgan fingerprint density at radius 2 is 1.36 bits per heavy atom. The van der Waals surface area contributed by atoms with Crippen molar-refractivity contribution in [2.24, 2.45) is 5.41 Å². The lowest BCUT2D eigenvalue weighted by Gasteiger charge is -2.43. The average Bonchev–Trinajstić information content (AvgIpc) is 3.51. The van der Waals surface area contributed by atoms with E-state index in [4.69, 9.17) is 14.0 Å². The second-order valence-corrected chi connectivity index (χ2v) is 14.2. The summed E-state index contributed by atoms with van der Waals surface area (Å²) in [6.45, 7) is 5.58. The molecule has 1 fully saturated rings. The van der Waals surface area contributed by atoms with Gasteiger partial charge in [-0.3, -0.25) is 4.18 Å². The van der Waals surface area contributed by atoms with Gasteiger partial charge in [-0.1, -0.05) is 91.0 Å². The van der Waals surface area contributed by atoms with Gasteiger partial charge < -0.3 is 14.7 Å². The number of aromatic nitrogens is 3. The summed E-state index contributed by atoms with van der Waals surface area (Å²) in [5, 5.41) is 16.9. The van der Waals surface area contributed by atoms with Crippen molar-refractivity contribution in [3.63, 3.8) is 0 Å². The number of benzene rings is 3. The monoisotopic (exact) mass is 632 g/mol. The second-order valence-electron chi connectivity index (χ2n) is 12.6. The third-order valence-electron chi connectivity index (χ3n) is 8.22. The Balaban J connectivity index is 1.57. The number of nitrogens with zero attached hydrogens (tertiary/aromatic N) is 4. The van der Waals surface area contributed by atoms with Crippen molar-refractivity contribution < 1.29 is 27.2 Å². The maximum Gasteiger partial charge on any atom is 0.410 e. The number of hydrogen-bond donors (Lipinski definition) is 1. The molecule has 1 aliphatic rings. The van der Waals surface area contributed by atoms with Crippen LogP contribution in [0.4, 0.5) is 4.79 Å². The minimum Gasteiger partial charge on any atom is -0.444 e. The zero-order valence-corrected chi connectivity index (χ0v) is 26.9. The van der Waals surface area contributed by atoms with E-state index < -0.39 is 38.9 Å². The molecule has 1 saturated heterocycles. The molecule has 0 bridgehead atoms. The number of carbonyl (C=O) groups excluding carboxylic acids is 1. The minimum atomic E-state index is -3.82. The number of hydrogen-bond acceptors (Lipinski definition) is 8. The normalized spacial score (nSPS) is 16.2. The molecule has 0 spiro atoms. The molecule has 2 heterocycles. The lowest BCUT2D eigenvalue weighted by atomic mass is 9.74. The lowest BCUT2D eigenvalue weighted by molar-refractivity contribution is -0.0600. The van der Waals surface area contributed by atoms with Crippen LogP contribution < -0.4 is 0 Å². The summed E-state index contributed by atoms with van der Waals surface area (Å²) in [6.07, 6.45) is 1.32. The van der Waals surface area contributed by atoms with Crippen molar-refractivity contribution >= 4 is 16.2 Å². The molecule has 4 aromatic rings. The molecule has 1 aliphatic heterocycles. The second kappa shape index (κ2) is 12.7. The van der Waals surface area contributed by atoms with Crippen molar-refractivity contribution in [1.29, 1.82) is 0 Å². The van der Waals surface area contributed by atoms with Gasteiger partial charge in [0.25, 0.3) is 10.1 Å². The molecule has 238 valence electrons. The first kappa shape index (κ1) is 32.3. The number of piperidine rings is 1. The Hall–Kier alpha value is -4.06. The van der Waals surface area contributed by atoms with E-state index in [1.807, 2.05) is 91.0 Å². The predicted molar refractivity (Wildman–Crippen MR) is 170 cm³/mol. The SMILES string of the molecule is CC(C)(C)OC(=O)N1CCC(COS(C)(=O)=O)(C(O)c2ncn(C(c3ccccc3)(c3ccccc3)c3ccccc3)n2)CC1. The molecule has 0 aliphatic carbocycles. The van der Waals surface area contributed by atoms with Gasteiger partial charge in [-0.2, -0.15) is 13.5 Å². The highest BCUT2D eigenvalue weighted by Gasteiger charge is 2.47. The summed E-state index contributed by atoms with van der Waals surface area (Å²) >= 11 is 0. The standard InChI is InChI=1S/C34H40N4O6S/c1-32(2,3)44-31(40)37-22-20-33(21-23-37,24-43-45(4,41)42)29(39)30-35-25-38(36-30)34(26-14-8-5-9-15-26,27-16-10-6-11-17-27)28-18-12-7-13-19-28/h5-19,25,29,39H,20-24H2,1-4H3. The van der Waals surface area contributed by atoms with Gasteiger partial charge >= 0.3 is 6.09 Å². The maximum atomic E-state index is 12.8. The first-order valence-corrected chi connectivity index (χ1v) is 16.7. The molecular formula is C34H40N4O6S. The van der Waals surface area contributed by atoms with Crippen molar-refractivity contribution in [2.45, 2.75) is 50.9 Å². The molecule has 1 aromatic heterocycles. The fraction of sp³-hybridized carbons (Fsp3) is 0.382. The molecule has 10 nitrogen and oxygen atoms in total. The zero-order valence-electron chi connectivity index (χ0n) is 26.0. The van der Waals surface area contributed by atoms with Crippen LogP contribution in [-0.2, 0) is 24.6 Å². The quantitative estimate of drug-likeness (QED) is 0.199. The van der Waals surface area contributed by atoms with Crippen LogP contribution in [0.2, 0.25) is 0 Å². The van der Waals surface area contributed by atoms with Crippen LogP contribution >= 0.6 is 0 Å². The van der Waals surface area contributed by atoms with Crippen LogP contribution in [0.1, 0.15) is 62.2 Å². The van der Waals surface area contributed by atoms with Crippen LogP contribution in [0, 0.1) is 5.41 Å². The van der Waals surface area contributed by atoms with Crippen LogP contribution in [0.25, 0.3) is 0 Å². The number of likely N-dealkylation sites (tertiary alicyclic amines) is 1. The molecule has 1 unspecified atom stereocenters. The molecule has 0 saturated carbocycles. The molecule has 11 heteroatoms. The van der Waals surface area contributed by atoms with Gasteiger partial charge in [-0.15, -0.1) is 0 Å². The van der Waals surface area contributed by atoms with Crippen molar-refractivity contribution in [3.8, 4) is 0 Å². The van der Waals surface area contributed by atoms with Crippen LogP contribution in [-0.4, -0.2) is 70.8 Å². The van der Waals surface area contributed by atoms with Crippen LogP contribution in [0.15, 0.2) is 97.3 Å². The molecule has 1 atom stereocenters. The third kappa shape index (κ3) is 6.95. The Labute approximate surface area is 264 Å². The fourth-order valence-electron chi connectivity index (χ4n) is 5.95. The molecular weight excluding hydrogens is 592 g/mol. The minimum absolute atomic E-state index is 0.130. The van der Waals surface area contributed by atoms with E-state index in [1.165, 1.54) is 0 Å². The third-order valence-corrected chi connectivity index (χ3v) is 8.77. The van der Waals surface area contributed by atoms with E-state index in [-0.39, 0.29) is 38.4 Å². The summed E-state index contributed by atoms with van der Waals surface area (Å²) in [6, 6.07) is 29.9. The smallest absolute Gasteiger partial charge is 0.410 e. The van der Waals surface area contributed by atoms with Gasteiger partial charge in [0, 0.05) is 18.5 Å².